The Kier molecular flexibility index (Phi) is 3.55. The molecule has 88 valence electrons. The second-order valence-corrected chi connectivity index (χ2v) is 3.71. The van der Waals surface area contributed by atoms with Gasteiger partial charge in [0.1, 0.15) is 0 Å². The van der Waals surface area contributed by atoms with Crippen LogP contribution >= 0.6 is 0 Å². The van der Waals surface area contributed by atoms with Gasteiger partial charge in [-0.3, -0.25) is 4.98 Å². The molecule has 17 heavy (non-hydrogen) atoms. The first-order valence-electron chi connectivity index (χ1n) is 5.47. The topological polar surface area (TPSA) is 47.0 Å². The molecule has 0 aromatic carbocycles. The minimum atomic E-state index is 0.145. The zero-order valence-electron chi connectivity index (χ0n) is 9.92. The monoisotopic (exact) mass is 229 g/mol. The summed E-state index contributed by atoms with van der Waals surface area (Å²) in [6.07, 6.45) is 3.54. The number of pyridine rings is 2. The van der Waals surface area contributed by atoms with Gasteiger partial charge in [-0.2, -0.15) is 0 Å². The van der Waals surface area contributed by atoms with Crippen LogP contribution in [-0.4, -0.2) is 17.1 Å². The van der Waals surface area contributed by atoms with Crippen molar-refractivity contribution >= 4 is 5.69 Å². The van der Waals surface area contributed by atoms with Gasteiger partial charge >= 0.3 is 0 Å². The van der Waals surface area contributed by atoms with Gasteiger partial charge in [-0.25, -0.2) is 4.98 Å². The van der Waals surface area contributed by atoms with Gasteiger partial charge < -0.3 is 10.1 Å². The molecule has 0 fully saturated rings. The number of methoxy groups -OCH3 is 1. The maximum absolute atomic E-state index is 5.01. The van der Waals surface area contributed by atoms with Crippen LogP contribution in [0.15, 0.2) is 42.7 Å². The van der Waals surface area contributed by atoms with Crippen LogP contribution in [0.3, 0.4) is 0 Å². The van der Waals surface area contributed by atoms with Gasteiger partial charge in [0, 0.05) is 12.3 Å². The average Bonchev–Trinajstić information content (AvgIpc) is 2.40. The summed E-state index contributed by atoms with van der Waals surface area (Å²) < 4.78 is 5.01. The van der Waals surface area contributed by atoms with Crippen molar-refractivity contribution < 1.29 is 4.74 Å². The van der Waals surface area contributed by atoms with Crippen LogP contribution in [0.1, 0.15) is 18.7 Å². The largest absolute Gasteiger partial charge is 0.481 e. The number of anilines is 1. The summed E-state index contributed by atoms with van der Waals surface area (Å²) in [6.45, 7) is 2.06. The van der Waals surface area contributed by atoms with Crippen LogP contribution in [0.25, 0.3) is 0 Å². The van der Waals surface area contributed by atoms with Crippen LogP contribution in [0.5, 0.6) is 5.88 Å². The number of nitrogens with one attached hydrogen (secondary N) is 1. The normalized spacial score (nSPS) is 11.9. The molecule has 4 nitrogen and oxygen atoms in total. The lowest BCUT2D eigenvalue weighted by Gasteiger charge is -2.14. The van der Waals surface area contributed by atoms with Crippen LogP contribution < -0.4 is 10.1 Å². The fraction of sp³-hybridized carbons (Fsp3) is 0.231. The van der Waals surface area contributed by atoms with Gasteiger partial charge in [-0.15, -0.1) is 0 Å². The van der Waals surface area contributed by atoms with E-state index in [0.29, 0.717) is 5.88 Å². The smallest absolute Gasteiger partial charge is 0.213 e. The van der Waals surface area contributed by atoms with E-state index >= 15 is 0 Å². The SMILES string of the molecule is COc1ccc(NC(C)c2ccccn2)cn1. The van der Waals surface area contributed by atoms with E-state index in [9.17, 15) is 0 Å². The van der Waals surface area contributed by atoms with Crippen molar-refractivity contribution in [3.05, 3.63) is 48.4 Å². The highest BCUT2D eigenvalue weighted by molar-refractivity contribution is 5.43. The fourth-order valence-electron chi connectivity index (χ4n) is 1.54. The zero-order valence-corrected chi connectivity index (χ0v) is 9.92. The maximum atomic E-state index is 5.01. The summed E-state index contributed by atoms with van der Waals surface area (Å²) in [5, 5.41) is 3.33. The van der Waals surface area contributed by atoms with Crippen LogP contribution in [-0.2, 0) is 0 Å². The highest BCUT2D eigenvalue weighted by Gasteiger charge is 2.05. The maximum Gasteiger partial charge on any atom is 0.213 e. The summed E-state index contributed by atoms with van der Waals surface area (Å²) in [7, 11) is 1.60. The molecule has 2 heterocycles. The minimum absolute atomic E-state index is 0.145. The summed E-state index contributed by atoms with van der Waals surface area (Å²) in [5.41, 5.74) is 1.95. The van der Waals surface area contributed by atoms with Crippen molar-refractivity contribution in [3.8, 4) is 5.88 Å². The van der Waals surface area contributed by atoms with E-state index in [-0.39, 0.29) is 6.04 Å². The van der Waals surface area contributed by atoms with Crippen molar-refractivity contribution in [1.29, 1.82) is 0 Å². The molecule has 4 heteroatoms. The molecular formula is C13H15N3O. The number of hydrogen-bond donors (Lipinski definition) is 1. The average molecular weight is 229 g/mol. The van der Waals surface area contributed by atoms with Gasteiger partial charge in [0.25, 0.3) is 0 Å². The molecule has 0 saturated heterocycles. The first-order valence-corrected chi connectivity index (χ1v) is 5.47. The second kappa shape index (κ2) is 5.30. The Morgan fingerprint density at radius 3 is 2.65 bits per heavy atom. The van der Waals surface area contributed by atoms with E-state index in [0.717, 1.165) is 11.4 Å². The Morgan fingerprint density at radius 1 is 1.18 bits per heavy atom. The zero-order chi connectivity index (χ0) is 12.1. The third-order valence-electron chi connectivity index (χ3n) is 2.46. The van der Waals surface area contributed by atoms with E-state index in [4.69, 9.17) is 4.74 Å². The standard InChI is InChI=1S/C13H15N3O/c1-10(12-5-3-4-8-14-12)16-11-6-7-13(17-2)15-9-11/h3-10,16H,1-2H3. The van der Waals surface area contributed by atoms with E-state index in [1.165, 1.54) is 0 Å². The Bertz CT molecular complexity index is 456. The lowest BCUT2D eigenvalue weighted by atomic mass is 10.2. The van der Waals surface area contributed by atoms with Gasteiger partial charge in [0.15, 0.2) is 0 Å². The molecule has 0 amide bonds. The molecule has 0 aliphatic rings. The van der Waals surface area contributed by atoms with Crippen molar-refractivity contribution in [1.82, 2.24) is 9.97 Å². The lowest BCUT2D eigenvalue weighted by molar-refractivity contribution is 0.398. The molecule has 0 aliphatic carbocycles. The van der Waals surface area contributed by atoms with Crippen LogP contribution in [0.4, 0.5) is 5.69 Å². The third kappa shape index (κ3) is 2.93. The van der Waals surface area contributed by atoms with Crippen molar-refractivity contribution in [2.24, 2.45) is 0 Å². The first-order chi connectivity index (χ1) is 8.29. The molecule has 0 radical (unpaired) electrons. The molecule has 1 N–H and O–H groups in total. The lowest BCUT2D eigenvalue weighted by Crippen LogP contribution is -2.08. The molecule has 0 bridgehead atoms. The molecule has 0 aliphatic heterocycles. The summed E-state index contributed by atoms with van der Waals surface area (Å²) >= 11 is 0. The predicted octanol–water partition coefficient (Wildman–Crippen LogP) is 2.66. The Hall–Kier alpha value is -2.10. The van der Waals surface area contributed by atoms with Gasteiger partial charge in [-0.05, 0) is 25.1 Å². The molecule has 2 aromatic heterocycles. The number of ether oxygens (including phenoxy) is 1. The van der Waals surface area contributed by atoms with E-state index in [2.05, 4.69) is 22.2 Å². The minimum Gasteiger partial charge on any atom is -0.481 e. The first kappa shape index (κ1) is 11.4. The number of nitrogens with zero attached hydrogens (tertiary/aromatic N) is 2. The highest BCUT2D eigenvalue weighted by Crippen LogP contribution is 2.17. The Morgan fingerprint density at radius 2 is 2.06 bits per heavy atom. The molecular weight excluding hydrogens is 214 g/mol. The van der Waals surface area contributed by atoms with Gasteiger partial charge in [0.2, 0.25) is 5.88 Å². The van der Waals surface area contributed by atoms with E-state index in [1.807, 2.05) is 30.3 Å². The Labute approximate surface area is 101 Å². The van der Waals surface area contributed by atoms with Crippen LogP contribution in [0, 0.1) is 0 Å². The number of aromatic nitrogens is 2. The predicted molar refractivity (Wildman–Crippen MR) is 67.1 cm³/mol. The fourth-order valence-corrected chi connectivity index (χ4v) is 1.54. The van der Waals surface area contributed by atoms with Crippen molar-refractivity contribution in [2.45, 2.75) is 13.0 Å². The van der Waals surface area contributed by atoms with E-state index < -0.39 is 0 Å². The van der Waals surface area contributed by atoms with Crippen molar-refractivity contribution in [3.63, 3.8) is 0 Å². The Balaban J connectivity index is 2.05. The summed E-state index contributed by atoms with van der Waals surface area (Å²) in [4.78, 5) is 8.44. The molecule has 0 saturated carbocycles. The second-order valence-electron chi connectivity index (χ2n) is 3.71. The molecule has 2 rings (SSSR count). The molecule has 2 aromatic rings. The highest BCUT2D eigenvalue weighted by atomic mass is 16.5. The van der Waals surface area contributed by atoms with Gasteiger partial charge in [0.05, 0.1) is 30.7 Å². The van der Waals surface area contributed by atoms with Crippen molar-refractivity contribution in [2.75, 3.05) is 12.4 Å². The molecule has 0 spiro atoms. The third-order valence-corrected chi connectivity index (χ3v) is 2.46. The molecule has 1 unspecified atom stereocenters. The number of hydrogen-bond acceptors (Lipinski definition) is 4. The summed E-state index contributed by atoms with van der Waals surface area (Å²) in [6, 6.07) is 9.79. The quantitative estimate of drug-likeness (QED) is 0.875. The summed E-state index contributed by atoms with van der Waals surface area (Å²) in [5.74, 6) is 0.612. The van der Waals surface area contributed by atoms with Gasteiger partial charge in [-0.1, -0.05) is 6.07 Å². The number of rotatable bonds is 4. The van der Waals surface area contributed by atoms with E-state index in [1.54, 1.807) is 19.5 Å². The van der Waals surface area contributed by atoms with Crippen LogP contribution in [0.2, 0.25) is 0 Å². The molecule has 1 atom stereocenters.